The summed E-state index contributed by atoms with van der Waals surface area (Å²) in [5, 5.41) is 0. The van der Waals surface area contributed by atoms with E-state index in [0.717, 1.165) is 38.4 Å². The Morgan fingerprint density at radius 2 is 2.05 bits per heavy atom. The van der Waals surface area contributed by atoms with Crippen LogP contribution in [0.2, 0.25) is 0 Å². The molecule has 3 atom stereocenters. The van der Waals surface area contributed by atoms with E-state index in [0.29, 0.717) is 25.8 Å². The number of carbonyl (C=O) groups is 1. The minimum absolute atomic E-state index is 0.0563. The van der Waals surface area contributed by atoms with Crippen LogP contribution >= 0.6 is 0 Å². The van der Waals surface area contributed by atoms with Crippen molar-refractivity contribution in [2.45, 2.75) is 38.8 Å². The van der Waals surface area contributed by atoms with Gasteiger partial charge < -0.3 is 15.4 Å². The molecule has 2 fully saturated rings. The Balaban J connectivity index is 1.96. The first kappa shape index (κ1) is 14.8. The molecular weight excluding hydrogens is 242 g/mol. The molecule has 0 aromatic rings. The van der Waals surface area contributed by atoms with Gasteiger partial charge >= 0.3 is 0 Å². The van der Waals surface area contributed by atoms with Gasteiger partial charge in [-0.25, -0.2) is 0 Å². The molecule has 0 saturated carbocycles. The SMILES string of the molecule is CC1CCN(C(C)C(=O)N2CCOCC2)C(CN)C1. The van der Waals surface area contributed by atoms with Crippen molar-refractivity contribution in [3.63, 3.8) is 0 Å². The summed E-state index contributed by atoms with van der Waals surface area (Å²) in [5.74, 6) is 0.951. The highest BCUT2D eigenvalue weighted by molar-refractivity contribution is 5.81. The molecule has 19 heavy (non-hydrogen) atoms. The summed E-state index contributed by atoms with van der Waals surface area (Å²) in [6, 6.07) is 0.294. The Morgan fingerprint density at radius 1 is 1.37 bits per heavy atom. The summed E-state index contributed by atoms with van der Waals surface area (Å²) in [5.41, 5.74) is 5.89. The van der Waals surface area contributed by atoms with Gasteiger partial charge in [-0.3, -0.25) is 9.69 Å². The second kappa shape index (κ2) is 6.68. The van der Waals surface area contributed by atoms with E-state index in [9.17, 15) is 4.79 Å². The van der Waals surface area contributed by atoms with Crippen molar-refractivity contribution in [3.8, 4) is 0 Å². The van der Waals surface area contributed by atoms with E-state index >= 15 is 0 Å². The van der Waals surface area contributed by atoms with Gasteiger partial charge in [-0.15, -0.1) is 0 Å². The monoisotopic (exact) mass is 269 g/mol. The van der Waals surface area contributed by atoms with Gasteiger partial charge in [0.05, 0.1) is 19.3 Å². The molecule has 0 spiro atoms. The van der Waals surface area contributed by atoms with Crippen LogP contribution in [0, 0.1) is 5.92 Å². The third-order valence-corrected chi connectivity index (χ3v) is 4.47. The molecule has 2 aliphatic rings. The molecule has 2 rings (SSSR count). The molecule has 2 saturated heterocycles. The van der Waals surface area contributed by atoms with Gasteiger partial charge in [0, 0.05) is 25.7 Å². The highest BCUT2D eigenvalue weighted by Gasteiger charge is 2.34. The van der Waals surface area contributed by atoms with Crippen LogP contribution in [0.4, 0.5) is 0 Å². The highest BCUT2D eigenvalue weighted by atomic mass is 16.5. The number of hydrogen-bond donors (Lipinski definition) is 1. The maximum Gasteiger partial charge on any atom is 0.239 e. The number of amides is 1. The molecule has 2 heterocycles. The van der Waals surface area contributed by atoms with Crippen molar-refractivity contribution in [3.05, 3.63) is 0 Å². The fraction of sp³-hybridized carbons (Fsp3) is 0.929. The van der Waals surface area contributed by atoms with Crippen molar-refractivity contribution in [2.75, 3.05) is 39.4 Å². The molecule has 1 amide bonds. The van der Waals surface area contributed by atoms with Crippen molar-refractivity contribution in [1.82, 2.24) is 9.80 Å². The lowest BCUT2D eigenvalue weighted by Gasteiger charge is -2.42. The Kier molecular flexibility index (Phi) is 5.19. The van der Waals surface area contributed by atoms with Crippen LogP contribution in [0.1, 0.15) is 26.7 Å². The van der Waals surface area contributed by atoms with Crippen LogP contribution < -0.4 is 5.73 Å². The molecule has 110 valence electrons. The van der Waals surface area contributed by atoms with E-state index < -0.39 is 0 Å². The molecular formula is C14H27N3O2. The van der Waals surface area contributed by atoms with Crippen molar-refractivity contribution >= 4 is 5.91 Å². The molecule has 2 N–H and O–H groups in total. The maximum absolute atomic E-state index is 12.5. The number of piperidine rings is 1. The molecule has 5 heteroatoms. The first-order valence-electron chi connectivity index (χ1n) is 7.45. The van der Waals surface area contributed by atoms with Crippen LogP contribution in [0.25, 0.3) is 0 Å². The number of morpholine rings is 1. The van der Waals surface area contributed by atoms with Crippen molar-refractivity contribution in [1.29, 1.82) is 0 Å². The van der Waals surface area contributed by atoms with Crippen LogP contribution in [0.5, 0.6) is 0 Å². The number of likely N-dealkylation sites (tertiary alicyclic amines) is 1. The zero-order valence-electron chi connectivity index (χ0n) is 12.2. The standard InChI is InChI=1S/C14H27N3O2/c1-11-3-4-17(13(9-11)10-15)12(2)14(18)16-5-7-19-8-6-16/h11-13H,3-10,15H2,1-2H3. The average molecular weight is 269 g/mol. The second-order valence-corrected chi connectivity index (χ2v) is 5.87. The average Bonchev–Trinajstić information content (AvgIpc) is 2.46. The minimum Gasteiger partial charge on any atom is -0.378 e. The van der Waals surface area contributed by atoms with E-state index in [-0.39, 0.29) is 11.9 Å². The number of nitrogens with zero attached hydrogens (tertiary/aromatic N) is 2. The third kappa shape index (κ3) is 3.46. The lowest BCUT2D eigenvalue weighted by atomic mass is 9.91. The van der Waals surface area contributed by atoms with E-state index in [1.165, 1.54) is 0 Å². The fourth-order valence-electron chi connectivity index (χ4n) is 3.20. The molecule has 0 bridgehead atoms. The predicted molar refractivity (Wildman–Crippen MR) is 74.8 cm³/mol. The molecule has 3 unspecified atom stereocenters. The second-order valence-electron chi connectivity index (χ2n) is 5.87. The number of rotatable bonds is 3. The molecule has 0 radical (unpaired) electrons. The fourth-order valence-corrected chi connectivity index (χ4v) is 3.20. The molecule has 0 aromatic heterocycles. The van der Waals surface area contributed by atoms with Crippen LogP contribution in [-0.4, -0.2) is 67.2 Å². The summed E-state index contributed by atoms with van der Waals surface area (Å²) in [6.07, 6.45) is 2.27. The minimum atomic E-state index is -0.0563. The van der Waals surface area contributed by atoms with Crippen LogP contribution in [-0.2, 0) is 9.53 Å². The van der Waals surface area contributed by atoms with E-state index in [1.807, 2.05) is 11.8 Å². The third-order valence-electron chi connectivity index (χ3n) is 4.47. The van der Waals surface area contributed by atoms with E-state index in [4.69, 9.17) is 10.5 Å². The van der Waals surface area contributed by atoms with Crippen LogP contribution in [0.3, 0.4) is 0 Å². The molecule has 0 aromatic carbocycles. The number of hydrogen-bond acceptors (Lipinski definition) is 4. The van der Waals surface area contributed by atoms with Crippen molar-refractivity contribution < 1.29 is 9.53 Å². The normalized spacial score (nSPS) is 31.2. The maximum atomic E-state index is 12.5. The summed E-state index contributed by atoms with van der Waals surface area (Å²) >= 11 is 0. The summed E-state index contributed by atoms with van der Waals surface area (Å²) < 4.78 is 5.30. The quantitative estimate of drug-likeness (QED) is 0.800. The van der Waals surface area contributed by atoms with Gasteiger partial charge in [0.1, 0.15) is 0 Å². The number of nitrogens with two attached hydrogens (primary N) is 1. The Labute approximate surface area is 116 Å². The zero-order valence-corrected chi connectivity index (χ0v) is 12.2. The number of ether oxygens (including phenoxy) is 1. The predicted octanol–water partition coefficient (Wildman–Crippen LogP) is 0.293. The lowest BCUT2D eigenvalue weighted by molar-refractivity contribution is -0.142. The first-order valence-corrected chi connectivity index (χ1v) is 7.45. The van der Waals surface area contributed by atoms with Crippen LogP contribution in [0.15, 0.2) is 0 Å². The Bertz CT molecular complexity index is 305. The van der Waals surface area contributed by atoms with E-state index in [1.54, 1.807) is 0 Å². The highest BCUT2D eigenvalue weighted by Crippen LogP contribution is 2.24. The summed E-state index contributed by atoms with van der Waals surface area (Å²) in [7, 11) is 0. The first-order chi connectivity index (χ1) is 9.13. The zero-order chi connectivity index (χ0) is 13.8. The molecule has 0 aliphatic carbocycles. The topological polar surface area (TPSA) is 58.8 Å². The van der Waals surface area contributed by atoms with Gasteiger partial charge in [-0.1, -0.05) is 6.92 Å². The Hall–Kier alpha value is -0.650. The van der Waals surface area contributed by atoms with Gasteiger partial charge in [0.15, 0.2) is 0 Å². The van der Waals surface area contributed by atoms with Gasteiger partial charge in [-0.2, -0.15) is 0 Å². The summed E-state index contributed by atoms with van der Waals surface area (Å²) in [6.45, 7) is 8.70. The van der Waals surface area contributed by atoms with Gasteiger partial charge in [-0.05, 0) is 32.2 Å². The largest absolute Gasteiger partial charge is 0.378 e. The van der Waals surface area contributed by atoms with Crippen molar-refractivity contribution in [2.24, 2.45) is 11.7 Å². The van der Waals surface area contributed by atoms with E-state index in [2.05, 4.69) is 11.8 Å². The number of carbonyl (C=O) groups excluding carboxylic acids is 1. The molecule has 2 aliphatic heterocycles. The Morgan fingerprint density at radius 3 is 2.68 bits per heavy atom. The smallest absolute Gasteiger partial charge is 0.239 e. The summed E-state index contributed by atoms with van der Waals surface area (Å²) in [4.78, 5) is 16.8. The lowest BCUT2D eigenvalue weighted by Crippen LogP contribution is -2.57. The molecule has 5 nitrogen and oxygen atoms in total. The van der Waals surface area contributed by atoms with Gasteiger partial charge in [0.2, 0.25) is 5.91 Å². The van der Waals surface area contributed by atoms with Gasteiger partial charge in [0.25, 0.3) is 0 Å².